The van der Waals surface area contributed by atoms with Crippen molar-refractivity contribution in [3.05, 3.63) is 28.4 Å². The van der Waals surface area contributed by atoms with E-state index in [0.29, 0.717) is 12.1 Å². The summed E-state index contributed by atoms with van der Waals surface area (Å²) in [5.41, 5.74) is -1.04. The first-order valence-electron chi connectivity index (χ1n) is 9.12. The van der Waals surface area contributed by atoms with Gasteiger partial charge in [-0.3, -0.25) is 14.4 Å². The minimum absolute atomic E-state index is 0.0802. The van der Waals surface area contributed by atoms with Crippen LogP contribution >= 0.6 is 11.6 Å². The van der Waals surface area contributed by atoms with Gasteiger partial charge in [-0.2, -0.15) is 0 Å². The fourth-order valence-corrected chi connectivity index (χ4v) is 4.05. The highest BCUT2D eigenvalue weighted by Gasteiger charge is 2.60. The van der Waals surface area contributed by atoms with E-state index >= 15 is 0 Å². The Bertz CT molecular complexity index is 928. The lowest BCUT2D eigenvalue weighted by Crippen LogP contribution is -2.56. The van der Waals surface area contributed by atoms with Crippen molar-refractivity contribution in [3.63, 3.8) is 0 Å². The molecule has 9 heteroatoms. The summed E-state index contributed by atoms with van der Waals surface area (Å²) in [6, 6.07) is 0.962. The molecule has 1 aromatic rings. The van der Waals surface area contributed by atoms with Gasteiger partial charge in [-0.05, 0) is 13.3 Å². The Morgan fingerprint density at radius 3 is 2.52 bits per heavy atom. The number of nitrogens with one attached hydrogen (secondary N) is 2. The smallest absolute Gasteiger partial charge is 0.241 e. The second-order valence-electron chi connectivity index (χ2n) is 7.09. The molecule has 1 amide bonds. The first kappa shape index (κ1) is 21.0. The number of likely N-dealkylation sites (N-methyl/N-ethyl adjacent to an activating group) is 1. The summed E-state index contributed by atoms with van der Waals surface area (Å²) in [6.07, 6.45) is 1.66. The molecule has 156 valence electrons. The zero-order valence-corrected chi connectivity index (χ0v) is 17.6. The molecular formula is C20H23ClN2O6. The molecule has 0 bridgehead atoms. The number of rotatable bonds is 5. The predicted octanol–water partition coefficient (Wildman–Crippen LogP) is 1.89. The summed E-state index contributed by atoms with van der Waals surface area (Å²) >= 11 is 6.35. The zero-order valence-electron chi connectivity index (χ0n) is 16.8. The van der Waals surface area contributed by atoms with Crippen molar-refractivity contribution in [3.8, 4) is 17.2 Å². The lowest BCUT2D eigenvalue weighted by molar-refractivity contribution is -0.129. The second-order valence-corrected chi connectivity index (χ2v) is 7.46. The molecule has 0 radical (unpaired) electrons. The highest BCUT2D eigenvalue weighted by Crippen LogP contribution is 2.52. The van der Waals surface area contributed by atoms with E-state index in [1.165, 1.54) is 33.4 Å². The molecule has 3 atom stereocenters. The molecule has 0 saturated carbocycles. The van der Waals surface area contributed by atoms with Crippen LogP contribution in [0.2, 0.25) is 5.02 Å². The highest BCUT2D eigenvalue weighted by atomic mass is 35.5. The molecule has 1 aromatic carbocycles. The molecule has 1 aliphatic carbocycles. The minimum atomic E-state index is -1.73. The monoisotopic (exact) mass is 422 g/mol. The van der Waals surface area contributed by atoms with Crippen LogP contribution in [0.4, 0.5) is 0 Å². The van der Waals surface area contributed by atoms with Crippen LogP contribution in [0.5, 0.6) is 17.2 Å². The molecule has 0 unspecified atom stereocenters. The Balaban J connectivity index is 2.01. The normalized spacial score (nSPS) is 23.8. The van der Waals surface area contributed by atoms with Crippen LogP contribution in [0, 0.1) is 5.92 Å². The number of benzene rings is 1. The van der Waals surface area contributed by atoms with E-state index in [2.05, 4.69) is 10.6 Å². The Morgan fingerprint density at radius 1 is 1.31 bits per heavy atom. The fourth-order valence-electron chi connectivity index (χ4n) is 3.79. The predicted molar refractivity (Wildman–Crippen MR) is 106 cm³/mol. The van der Waals surface area contributed by atoms with Crippen LogP contribution in [-0.4, -0.2) is 50.4 Å². The average Bonchev–Trinajstić information content (AvgIpc) is 3.01. The van der Waals surface area contributed by atoms with Gasteiger partial charge in [0, 0.05) is 30.8 Å². The number of hydrogen-bond donors (Lipinski definition) is 2. The van der Waals surface area contributed by atoms with Gasteiger partial charge >= 0.3 is 0 Å². The Hall–Kier alpha value is -2.74. The SMILES string of the molecule is CNC(=O)[C@H](C)NC1=CC(=O)[C@@]2(Oc3c(Cl)c(OC)cc(OC)c3C2=O)[C@H](C)C1. The maximum atomic E-state index is 13.4. The molecule has 0 fully saturated rings. The molecule has 1 spiro atoms. The number of allylic oxidation sites excluding steroid dienone is 1. The summed E-state index contributed by atoms with van der Waals surface area (Å²) in [6.45, 7) is 3.43. The minimum Gasteiger partial charge on any atom is -0.496 e. The number of methoxy groups -OCH3 is 2. The van der Waals surface area contributed by atoms with E-state index in [1.54, 1.807) is 13.8 Å². The number of carbonyl (C=O) groups excluding carboxylic acids is 3. The Kier molecular flexibility index (Phi) is 5.49. The number of hydrogen-bond acceptors (Lipinski definition) is 7. The van der Waals surface area contributed by atoms with Gasteiger partial charge in [0.25, 0.3) is 0 Å². The maximum absolute atomic E-state index is 13.4. The molecule has 2 N–H and O–H groups in total. The van der Waals surface area contributed by atoms with Gasteiger partial charge in [0.1, 0.15) is 28.1 Å². The van der Waals surface area contributed by atoms with Gasteiger partial charge in [0.15, 0.2) is 5.75 Å². The fraction of sp³-hybridized carbons (Fsp3) is 0.450. The standard InChI is InChI=1S/C20H23ClN2O6/c1-9-6-11(23-10(2)19(26)22-3)7-14(24)20(9)18(25)15-12(27-4)8-13(28-5)16(21)17(15)29-20/h7-10,23H,6H2,1-5H3,(H,22,26)/t9-,10+,20+/m1/s1. The van der Waals surface area contributed by atoms with Gasteiger partial charge in [-0.15, -0.1) is 0 Å². The average molecular weight is 423 g/mol. The van der Waals surface area contributed by atoms with Crippen LogP contribution in [0.3, 0.4) is 0 Å². The van der Waals surface area contributed by atoms with E-state index in [1.807, 2.05) is 0 Å². The quantitative estimate of drug-likeness (QED) is 0.698. The molecule has 1 heterocycles. The maximum Gasteiger partial charge on any atom is 0.241 e. The van der Waals surface area contributed by atoms with Gasteiger partial charge in [-0.25, -0.2) is 0 Å². The van der Waals surface area contributed by atoms with Crippen LogP contribution in [-0.2, 0) is 9.59 Å². The number of carbonyl (C=O) groups is 3. The van der Waals surface area contributed by atoms with Gasteiger partial charge in [0.2, 0.25) is 23.1 Å². The Morgan fingerprint density at radius 2 is 1.97 bits per heavy atom. The van der Waals surface area contributed by atoms with Gasteiger partial charge in [-0.1, -0.05) is 18.5 Å². The van der Waals surface area contributed by atoms with Crippen LogP contribution in [0.1, 0.15) is 30.6 Å². The number of amides is 1. The van der Waals surface area contributed by atoms with E-state index in [-0.39, 0.29) is 33.7 Å². The first-order valence-corrected chi connectivity index (χ1v) is 9.50. The van der Waals surface area contributed by atoms with E-state index < -0.39 is 29.1 Å². The number of halogens is 1. The lowest BCUT2D eigenvalue weighted by Gasteiger charge is -2.35. The van der Waals surface area contributed by atoms with Crippen LogP contribution < -0.4 is 24.8 Å². The number of ketones is 2. The van der Waals surface area contributed by atoms with Gasteiger partial charge < -0.3 is 24.8 Å². The van der Waals surface area contributed by atoms with Gasteiger partial charge in [0.05, 0.1) is 14.2 Å². The van der Waals surface area contributed by atoms with E-state index in [4.69, 9.17) is 25.8 Å². The third-order valence-electron chi connectivity index (χ3n) is 5.35. The van der Waals surface area contributed by atoms with Crippen molar-refractivity contribution in [2.45, 2.75) is 31.9 Å². The summed E-state index contributed by atoms with van der Waals surface area (Å²) in [5, 5.41) is 5.66. The number of fused-ring (bicyclic) bond motifs is 1. The number of ether oxygens (including phenoxy) is 3. The third-order valence-corrected chi connectivity index (χ3v) is 5.71. The van der Waals surface area contributed by atoms with Crippen molar-refractivity contribution in [2.24, 2.45) is 5.92 Å². The summed E-state index contributed by atoms with van der Waals surface area (Å²) < 4.78 is 16.5. The molecular weight excluding hydrogens is 400 g/mol. The van der Waals surface area contributed by atoms with E-state index in [0.717, 1.165) is 0 Å². The van der Waals surface area contributed by atoms with Crippen molar-refractivity contribution in [2.75, 3.05) is 21.3 Å². The summed E-state index contributed by atoms with van der Waals surface area (Å²) in [7, 11) is 4.38. The van der Waals surface area contributed by atoms with E-state index in [9.17, 15) is 14.4 Å². The summed E-state index contributed by atoms with van der Waals surface area (Å²) in [4.78, 5) is 38.3. The molecule has 29 heavy (non-hydrogen) atoms. The van der Waals surface area contributed by atoms with Crippen molar-refractivity contribution >= 4 is 29.1 Å². The number of Topliss-reactive ketones (excluding diaryl/α,β-unsaturated/α-hetero) is 1. The molecule has 8 nitrogen and oxygen atoms in total. The van der Waals surface area contributed by atoms with Crippen molar-refractivity contribution < 1.29 is 28.6 Å². The third kappa shape index (κ3) is 3.11. The van der Waals surface area contributed by atoms with Crippen molar-refractivity contribution in [1.82, 2.24) is 10.6 Å². The first-order chi connectivity index (χ1) is 13.7. The zero-order chi connectivity index (χ0) is 21.5. The second kappa shape index (κ2) is 7.59. The lowest BCUT2D eigenvalue weighted by atomic mass is 9.74. The Labute approximate surface area is 173 Å². The molecule has 0 saturated heterocycles. The topological polar surface area (TPSA) is 103 Å². The molecule has 0 aromatic heterocycles. The van der Waals surface area contributed by atoms with Crippen LogP contribution in [0.25, 0.3) is 0 Å². The van der Waals surface area contributed by atoms with Crippen molar-refractivity contribution in [1.29, 1.82) is 0 Å². The summed E-state index contributed by atoms with van der Waals surface area (Å²) in [5.74, 6) is -1.15. The largest absolute Gasteiger partial charge is 0.496 e. The highest BCUT2D eigenvalue weighted by molar-refractivity contribution is 6.36. The van der Waals surface area contributed by atoms with Crippen LogP contribution in [0.15, 0.2) is 17.8 Å². The molecule has 1 aliphatic heterocycles. The molecule has 2 aliphatic rings. The molecule has 3 rings (SSSR count).